The van der Waals surface area contributed by atoms with Crippen LogP contribution in [-0.4, -0.2) is 37.9 Å². The predicted octanol–water partition coefficient (Wildman–Crippen LogP) is 4.31. The lowest BCUT2D eigenvalue weighted by atomic mass is 10.0. The molecule has 0 bridgehead atoms. The third-order valence-electron chi connectivity index (χ3n) is 5.99. The van der Waals surface area contributed by atoms with Gasteiger partial charge in [0.05, 0.1) is 17.7 Å². The Morgan fingerprint density at radius 2 is 1.85 bits per heavy atom. The maximum Gasteiger partial charge on any atom is 0.262 e. The standard InChI is InChI=1S/C25H22FN3O4S/c1-33-24-5-3-2-4-23(24)28-34(31,32)18-9-6-16(7-10-18)25(30)29-13-12-22-20(15-29)19-14-17(26)8-11-21(19)27-22/h2-11,14,27-28H,12-13,15H2,1H3. The summed E-state index contributed by atoms with van der Waals surface area (Å²) in [5, 5.41) is 0.774. The van der Waals surface area contributed by atoms with Gasteiger partial charge in [0.2, 0.25) is 0 Å². The number of H-pyrrole nitrogens is 1. The number of carbonyl (C=O) groups excluding carboxylic acids is 1. The molecule has 7 nitrogen and oxygen atoms in total. The van der Waals surface area contributed by atoms with Crippen molar-refractivity contribution < 1.29 is 22.3 Å². The van der Waals surface area contributed by atoms with Crippen LogP contribution in [0.1, 0.15) is 21.6 Å². The molecule has 0 fully saturated rings. The summed E-state index contributed by atoms with van der Waals surface area (Å²) in [6.07, 6.45) is 0.632. The van der Waals surface area contributed by atoms with Crippen molar-refractivity contribution in [2.45, 2.75) is 17.9 Å². The van der Waals surface area contributed by atoms with Crippen molar-refractivity contribution in [3.05, 3.63) is 89.4 Å². The molecule has 0 aliphatic carbocycles. The third kappa shape index (κ3) is 3.99. The molecule has 5 rings (SSSR count). The largest absolute Gasteiger partial charge is 0.495 e. The number of sulfonamides is 1. The van der Waals surface area contributed by atoms with Crippen LogP contribution in [0.5, 0.6) is 5.75 Å². The van der Waals surface area contributed by atoms with Gasteiger partial charge in [0.1, 0.15) is 11.6 Å². The molecule has 1 aliphatic heterocycles. The van der Waals surface area contributed by atoms with Crippen LogP contribution in [0.3, 0.4) is 0 Å². The van der Waals surface area contributed by atoms with E-state index in [1.54, 1.807) is 35.2 Å². The van der Waals surface area contributed by atoms with Crippen LogP contribution in [0, 0.1) is 5.82 Å². The molecule has 0 unspecified atom stereocenters. The first-order chi connectivity index (χ1) is 16.4. The second-order valence-corrected chi connectivity index (χ2v) is 9.76. The number of ether oxygens (including phenoxy) is 1. The number of hydrogen-bond donors (Lipinski definition) is 2. The maximum atomic E-state index is 13.8. The Balaban J connectivity index is 1.35. The molecular weight excluding hydrogens is 457 g/mol. The number of nitrogens with zero attached hydrogens (tertiary/aromatic N) is 1. The number of aromatic amines is 1. The Labute approximate surface area is 196 Å². The van der Waals surface area contributed by atoms with Gasteiger partial charge in [-0.3, -0.25) is 9.52 Å². The van der Waals surface area contributed by atoms with Crippen molar-refractivity contribution in [1.82, 2.24) is 9.88 Å². The minimum atomic E-state index is -3.87. The monoisotopic (exact) mass is 479 g/mol. The van der Waals surface area contributed by atoms with Gasteiger partial charge < -0.3 is 14.6 Å². The first-order valence-corrected chi connectivity index (χ1v) is 12.2. The van der Waals surface area contributed by atoms with Gasteiger partial charge in [-0.25, -0.2) is 12.8 Å². The van der Waals surface area contributed by atoms with Crippen LogP contribution < -0.4 is 9.46 Å². The minimum absolute atomic E-state index is 0.0305. The van der Waals surface area contributed by atoms with E-state index in [2.05, 4.69) is 9.71 Å². The number of para-hydroxylation sites is 2. The van der Waals surface area contributed by atoms with E-state index in [1.165, 1.54) is 43.5 Å². The van der Waals surface area contributed by atoms with Gasteiger partial charge >= 0.3 is 0 Å². The van der Waals surface area contributed by atoms with Gasteiger partial charge in [-0.15, -0.1) is 0 Å². The zero-order valence-electron chi connectivity index (χ0n) is 18.3. The summed E-state index contributed by atoms with van der Waals surface area (Å²) in [6, 6.07) is 17.1. The number of benzene rings is 3. The molecule has 174 valence electrons. The zero-order valence-corrected chi connectivity index (χ0v) is 19.2. The summed E-state index contributed by atoms with van der Waals surface area (Å²) in [5.74, 6) is -0.131. The number of hydrogen-bond acceptors (Lipinski definition) is 4. The number of anilines is 1. The van der Waals surface area contributed by atoms with Crippen LogP contribution in [0.25, 0.3) is 10.9 Å². The van der Waals surface area contributed by atoms with Gasteiger partial charge in [0, 0.05) is 47.2 Å². The van der Waals surface area contributed by atoms with E-state index in [-0.39, 0.29) is 16.6 Å². The number of aromatic nitrogens is 1. The second kappa shape index (κ2) is 8.49. The fourth-order valence-electron chi connectivity index (χ4n) is 4.25. The summed E-state index contributed by atoms with van der Waals surface area (Å²) < 4.78 is 47.1. The molecule has 9 heteroatoms. The van der Waals surface area contributed by atoms with Gasteiger partial charge in [-0.1, -0.05) is 12.1 Å². The molecule has 0 saturated heterocycles. The molecule has 3 aromatic carbocycles. The van der Waals surface area contributed by atoms with Gasteiger partial charge in [-0.2, -0.15) is 0 Å². The van der Waals surface area contributed by atoms with Gasteiger partial charge in [0.15, 0.2) is 0 Å². The van der Waals surface area contributed by atoms with Crippen molar-refractivity contribution in [2.75, 3.05) is 18.4 Å². The van der Waals surface area contributed by atoms with Crippen LogP contribution in [0.15, 0.2) is 71.6 Å². The lowest BCUT2D eigenvalue weighted by Gasteiger charge is -2.27. The number of rotatable bonds is 5. The van der Waals surface area contributed by atoms with E-state index in [1.807, 2.05) is 0 Å². The Morgan fingerprint density at radius 3 is 2.62 bits per heavy atom. The number of nitrogens with one attached hydrogen (secondary N) is 2. The molecule has 2 N–H and O–H groups in total. The summed E-state index contributed by atoms with van der Waals surface area (Å²) in [5.41, 5.74) is 3.47. The highest BCUT2D eigenvalue weighted by Gasteiger charge is 2.25. The molecule has 4 aromatic rings. The highest BCUT2D eigenvalue weighted by Crippen LogP contribution is 2.30. The number of fused-ring (bicyclic) bond motifs is 3. The molecule has 1 amide bonds. The molecule has 0 atom stereocenters. The predicted molar refractivity (Wildman–Crippen MR) is 127 cm³/mol. The highest BCUT2D eigenvalue weighted by molar-refractivity contribution is 7.92. The molecular formula is C25H22FN3O4S. The van der Waals surface area contributed by atoms with Crippen LogP contribution >= 0.6 is 0 Å². The number of amides is 1. The SMILES string of the molecule is COc1ccccc1NS(=O)(=O)c1ccc(C(=O)N2CCc3[nH]c4ccc(F)cc4c3C2)cc1. The van der Waals surface area contributed by atoms with E-state index in [0.717, 1.165) is 22.2 Å². The van der Waals surface area contributed by atoms with Crippen molar-refractivity contribution in [3.8, 4) is 5.75 Å². The fraction of sp³-hybridized carbons (Fsp3) is 0.160. The van der Waals surface area contributed by atoms with Crippen LogP contribution in [0.4, 0.5) is 10.1 Å². The maximum absolute atomic E-state index is 13.8. The van der Waals surface area contributed by atoms with E-state index < -0.39 is 10.0 Å². The molecule has 0 radical (unpaired) electrons. The van der Waals surface area contributed by atoms with E-state index in [0.29, 0.717) is 36.5 Å². The van der Waals surface area contributed by atoms with Crippen LogP contribution in [-0.2, 0) is 23.0 Å². The first-order valence-electron chi connectivity index (χ1n) is 10.7. The van der Waals surface area contributed by atoms with Crippen molar-refractivity contribution >= 4 is 32.5 Å². The summed E-state index contributed by atoms with van der Waals surface area (Å²) in [7, 11) is -2.41. The molecule has 0 spiro atoms. The van der Waals surface area contributed by atoms with Gasteiger partial charge in [-0.05, 0) is 54.6 Å². The lowest BCUT2D eigenvalue weighted by molar-refractivity contribution is 0.0735. The number of carbonyl (C=O) groups is 1. The Morgan fingerprint density at radius 1 is 1.09 bits per heavy atom. The third-order valence-corrected chi connectivity index (χ3v) is 7.37. The van der Waals surface area contributed by atoms with Crippen molar-refractivity contribution in [2.24, 2.45) is 0 Å². The topological polar surface area (TPSA) is 91.5 Å². The van der Waals surface area contributed by atoms with Gasteiger partial charge in [0.25, 0.3) is 15.9 Å². The Bertz CT molecular complexity index is 1500. The van der Waals surface area contributed by atoms with E-state index in [9.17, 15) is 17.6 Å². The fourth-order valence-corrected chi connectivity index (χ4v) is 5.32. The summed E-state index contributed by atoms with van der Waals surface area (Å²) in [4.78, 5) is 18.2. The number of methoxy groups -OCH3 is 1. The molecule has 0 saturated carbocycles. The van der Waals surface area contributed by atoms with Crippen LogP contribution in [0.2, 0.25) is 0 Å². The Kier molecular flexibility index (Phi) is 5.49. The smallest absolute Gasteiger partial charge is 0.262 e. The number of halogens is 1. The molecule has 2 heterocycles. The van der Waals surface area contributed by atoms with Crippen molar-refractivity contribution in [3.63, 3.8) is 0 Å². The summed E-state index contributed by atoms with van der Waals surface area (Å²) in [6.45, 7) is 0.865. The summed E-state index contributed by atoms with van der Waals surface area (Å²) >= 11 is 0. The quantitative estimate of drug-likeness (QED) is 0.446. The lowest BCUT2D eigenvalue weighted by Crippen LogP contribution is -2.35. The molecule has 34 heavy (non-hydrogen) atoms. The highest BCUT2D eigenvalue weighted by atomic mass is 32.2. The minimum Gasteiger partial charge on any atom is -0.495 e. The average molecular weight is 480 g/mol. The first kappa shape index (κ1) is 22.0. The molecule has 1 aliphatic rings. The average Bonchev–Trinajstić information content (AvgIpc) is 3.21. The van der Waals surface area contributed by atoms with E-state index >= 15 is 0 Å². The van der Waals surface area contributed by atoms with E-state index in [4.69, 9.17) is 4.74 Å². The molecule has 1 aromatic heterocycles. The zero-order chi connectivity index (χ0) is 23.9. The normalized spacial score (nSPS) is 13.5. The van der Waals surface area contributed by atoms with Crippen molar-refractivity contribution in [1.29, 1.82) is 0 Å². The Hall–Kier alpha value is -3.85. The second-order valence-electron chi connectivity index (χ2n) is 8.08.